The summed E-state index contributed by atoms with van der Waals surface area (Å²) in [5.74, 6) is 0.403. The fraction of sp³-hybridized carbons (Fsp3) is 0.857. The van der Waals surface area contributed by atoms with Crippen LogP contribution in [0, 0.1) is 5.92 Å². The molecule has 1 saturated heterocycles. The van der Waals surface area contributed by atoms with Crippen molar-refractivity contribution in [3.8, 4) is 0 Å². The highest BCUT2D eigenvalue weighted by Gasteiger charge is 2.21. The largest absolute Gasteiger partial charge is 0.465 e. The van der Waals surface area contributed by atoms with Crippen LogP contribution in [0.25, 0.3) is 0 Å². The average Bonchev–Trinajstić information content (AvgIpc) is 1.93. The third-order valence-electron chi connectivity index (χ3n) is 2.09. The van der Waals surface area contributed by atoms with Gasteiger partial charge >= 0.3 is 6.09 Å². The molecule has 0 unspecified atom stereocenters. The quantitative estimate of drug-likeness (QED) is 0.512. The number of carboxylic acid groups (broad SMARTS) is 1. The highest BCUT2D eigenvalue weighted by molar-refractivity contribution is 5.64. The van der Waals surface area contributed by atoms with Crippen LogP contribution in [0.4, 0.5) is 4.79 Å². The molecule has 1 heterocycles. The number of amides is 1. The van der Waals surface area contributed by atoms with Gasteiger partial charge in [-0.2, -0.15) is 0 Å². The second-order valence-corrected chi connectivity index (χ2v) is 3.03. The predicted octanol–water partition coefficient (Wildman–Crippen LogP) is 0.252. The molecule has 3 N–H and O–H groups in total. The summed E-state index contributed by atoms with van der Waals surface area (Å²) in [6.45, 7) is 3.87. The van der Waals surface area contributed by atoms with Crippen molar-refractivity contribution in [2.45, 2.75) is 19.4 Å². The van der Waals surface area contributed by atoms with Gasteiger partial charge in [0.05, 0.1) is 0 Å². The van der Waals surface area contributed by atoms with Crippen molar-refractivity contribution in [2.24, 2.45) is 5.92 Å². The van der Waals surface area contributed by atoms with Gasteiger partial charge < -0.3 is 15.7 Å². The summed E-state index contributed by atoms with van der Waals surface area (Å²) in [7, 11) is 0. The lowest BCUT2D eigenvalue weighted by molar-refractivity contribution is 0.180. The molecule has 11 heavy (non-hydrogen) atoms. The second-order valence-electron chi connectivity index (χ2n) is 3.03. The van der Waals surface area contributed by atoms with Gasteiger partial charge in [0.2, 0.25) is 0 Å². The van der Waals surface area contributed by atoms with Crippen molar-refractivity contribution >= 4 is 6.09 Å². The van der Waals surface area contributed by atoms with Gasteiger partial charge in [-0.3, -0.25) is 0 Å². The molecule has 4 heteroatoms. The van der Waals surface area contributed by atoms with Crippen LogP contribution < -0.4 is 10.6 Å². The predicted molar refractivity (Wildman–Crippen MR) is 41.6 cm³/mol. The van der Waals surface area contributed by atoms with E-state index in [2.05, 4.69) is 10.6 Å². The molecule has 0 aromatic heterocycles. The molecule has 1 fully saturated rings. The fourth-order valence-electron chi connectivity index (χ4n) is 1.39. The molecule has 0 saturated carbocycles. The minimum Gasteiger partial charge on any atom is -0.465 e. The highest BCUT2D eigenvalue weighted by atomic mass is 16.4. The van der Waals surface area contributed by atoms with Crippen molar-refractivity contribution in [1.82, 2.24) is 10.6 Å². The van der Waals surface area contributed by atoms with Crippen LogP contribution in [0.2, 0.25) is 0 Å². The van der Waals surface area contributed by atoms with Crippen molar-refractivity contribution < 1.29 is 9.90 Å². The SMILES string of the molecule is C[C@@H]1CNCC[C@@H]1NC(=O)O. The summed E-state index contributed by atoms with van der Waals surface area (Å²) >= 11 is 0. The summed E-state index contributed by atoms with van der Waals surface area (Å²) in [6.07, 6.45) is -0.0169. The number of nitrogens with one attached hydrogen (secondary N) is 2. The Morgan fingerprint density at radius 1 is 1.73 bits per heavy atom. The molecule has 0 aliphatic carbocycles. The topological polar surface area (TPSA) is 61.4 Å². The maximum absolute atomic E-state index is 10.3. The van der Waals surface area contributed by atoms with Gasteiger partial charge in [-0.25, -0.2) is 4.79 Å². The van der Waals surface area contributed by atoms with E-state index in [9.17, 15) is 4.79 Å². The third-order valence-corrected chi connectivity index (χ3v) is 2.09. The van der Waals surface area contributed by atoms with E-state index in [4.69, 9.17) is 5.11 Å². The van der Waals surface area contributed by atoms with Gasteiger partial charge in [0.25, 0.3) is 0 Å². The van der Waals surface area contributed by atoms with Crippen LogP contribution in [-0.4, -0.2) is 30.3 Å². The van der Waals surface area contributed by atoms with Crippen molar-refractivity contribution in [2.75, 3.05) is 13.1 Å². The van der Waals surface area contributed by atoms with E-state index >= 15 is 0 Å². The van der Waals surface area contributed by atoms with Crippen LogP contribution in [0.15, 0.2) is 0 Å². The van der Waals surface area contributed by atoms with E-state index in [0.717, 1.165) is 19.5 Å². The Kier molecular flexibility index (Phi) is 2.70. The Bertz CT molecular complexity index is 149. The van der Waals surface area contributed by atoms with Gasteiger partial charge in [-0.1, -0.05) is 6.92 Å². The molecule has 0 aromatic carbocycles. The molecule has 1 rings (SSSR count). The molecule has 1 aliphatic rings. The zero-order valence-corrected chi connectivity index (χ0v) is 6.63. The van der Waals surface area contributed by atoms with Crippen molar-refractivity contribution in [3.05, 3.63) is 0 Å². The van der Waals surface area contributed by atoms with Crippen molar-refractivity contribution in [3.63, 3.8) is 0 Å². The minimum absolute atomic E-state index is 0.133. The summed E-state index contributed by atoms with van der Waals surface area (Å²) in [4.78, 5) is 10.3. The normalized spacial score (nSPS) is 31.4. The number of hydrogen-bond donors (Lipinski definition) is 3. The van der Waals surface area contributed by atoms with Crippen LogP contribution in [0.5, 0.6) is 0 Å². The molecule has 2 atom stereocenters. The van der Waals surface area contributed by atoms with E-state index in [1.165, 1.54) is 0 Å². The Balaban J connectivity index is 2.35. The number of piperidine rings is 1. The molecule has 0 radical (unpaired) electrons. The monoisotopic (exact) mass is 158 g/mol. The Labute approximate surface area is 66.0 Å². The molecular formula is C7H14N2O2. The van der Waals surface area contributed by atoms with Gasteiger partial charge in [0, 0.05) is 6.04 Å². The van der Waals surface area contributed by atoms with Gasteiger partial charge in [-0.15, -0.1) is 0 Å². The Morgan fingerprint density at radius 3 is 3.00 bits per heavy atom. The molecule has 0 spiro atoms. The van der Waals surface area contributed by atoms with Gasteiger partial charge in [0.15, 0.2) is 0 Å². The van der Waals surface area contributed by atoms with Crippen LogP contribution in [-0.2, 0) is 0 Å². The van der Waals surface area contributed by atoms with Crippen molar-refractivity contribution in [1.29, 1.82) is 0 Å². The summed E-state index contributed by atoms with van der Waals surface area (Å²) in [5.41, 5.74) is 0. The first-order chi connectivity index (χ1) is 5.20. The molecule has 1 aliphatic heterocycles. The maximum atomic E-state index is 10.3. The van der Waals surface area contributed by atoms with E-state index in [0.29, 0.717) is 5.92 Å². The van der Waals surface area contributed by atoms with E-state index in [1.807, 2.05) is 6.92 Å². The van der Waals surface area contributed by atoms with E-state index in [-0.39, 0.29) is 6.04 Å². The van der Waals surface area contributed by atoms with E-state index < -0.39 is 6.09 Å². The molecule has 0 bridgehead atoms. The Hall–Kier alpha value is -0.770. The first-order valence-corrected chi connectivity index (χ1v) is 3.90. The maximum Gasteiger partial charge on any atom is 0.404 e. The standard InChI is InChI=1S/C7H14N2O2/c1-5-4-8-3-2-6(5)9-7(10)11/h5-6,8-9H,2-4H2,1H3,(H,10,11)/t5-,6+/m1/s1. The highest BCUT2D eigenvalue weighted by Crippen LogP contribution is 2.09. The minimum atomic E-state index is -0.913. The van der Waals surface area contributed by atoms with Crippen LogP contribution in [0.3, 0.4) is 0 Å². The molecule has 64 valence electrons. The van der Waals surface area contributed by atoms with E-state index in [1.54, 1.807) is 0 Å². The average molecular weight is 158 g/mol. The van der Waals surface area contributed by atoms with Crippen LogP contribution >= 0.6 is 0 Å². The second kappa shape index (κ2) is 3.57. The molecular weight excluding hydrogens is 144 g/mol. The molecule has 0 aromatic rings. The smallest absolute Gasteiger partial charge is 0.404 e. The zero-order chi connectivity index (χ0) is 8.27. The lowest BCUT2D eigenvalue weighted by Crippen LogP contribution is -2.47. The Morgan fingerprint density at radius 2 is 2.45 bits per heavy atom. The van der Waals surface area contributed by atoms with Gasteiger partial charge in [0.1, 0.15) is 0 Å². The molecule has 1 amide bonds. The number of carbonyl (C=O) groups is 1. The zero-order valence-electron chi connectivity index (χ0n) is 6.63. The molecule has 4 nitrogen and oxygen atoms in total. The first kappa shape index (κ1) is 8.33. The number of hydrogen-bond acceptors (Lipinski definition) is 2. The lowest BCUT2D eigenvalue weighted by Gasteiger charge is -2.28. The summed E-state index contributed by atoms with van der Waals surface area (Å²) in [6, 6.07) is 0.133. The first-order valence-electron chi connectivity index (χ1n) is 3.90. The number of rotatable bonds is 1. The summed E-state index contributed by atoms with van der Waals surface area (Å²) < 4.78 is 0. The third kappa shape index (κ3) is 2.38. The fourth-order valence-corrected chi connectivity index (χ4v) is 1.39. The van der Waals surface area contributed by atoms with Crippen LogP contribution in [0.1, 0.15) is 13.3 Å². The lowest BCUT2D eigenvalue weighted by atomic mass is 9.96. The van der Waals surface area contributed by atoms with Gasteiger partial charge in [-0.05, 0) is 25.4 Å². The summed E-state index contributed by atoms with van der Waals surface area (Å²) in [5, 5.41) is 14.2.